The maximum Gasteiger partial charge on any atom is 0.170 e. The van der Waals surface area contributed by atoms with Crippen LogP contribution >= 0.6 is 0 Å². The first-order chi connectivity index (χ1) is 9.66. The third kappa shape index (κ3) is 2.22. The van der Waals surface area contributed by atoms with E-state index in [1.54, 1.807) is 18.2 Å². The monoisotopic (exact) mass is 266 g/mol. The third-order valence-electron chi connectivity index (χ3n) is 4.17. The maximum absolute atomic E-state index is 12.8. The molecule has 0 amide bonds. The van der Waals surface area contributed by atoms with Gasteiger partial charge >= 0.3 is 0 Å². The van der Waals surface area contributed by atoms with Crippen molar-refractivity contribution < 1.29 is 9.90 Å². The Labute approximate surface area is 119 Å². The van der Waals surface area contributed by atoms with E-state index in [-0.39, 0.29) is 17.5 Å². The lowest BCUT2D eigenvalue weighted by Gasteiger charge is -2.16. The minimum absolute atomic E-state index is 0.0537. The van der Waals surface area contributed by atoms with Crippen molar-refractivity contribution in [2.24, 2.45) is 0 Å². The van der Waals surface area contributed by atoms with Gasteiger partial charge in [-0.05, 0) is 61.1 Å². The van der Waals surface area contributed by atoms with E-state index in [1.807, 2.05) is 12.1 Å². The summed E-state index contributed by atoms with van der Waals surface area (Å²) in [6.45, 7) is 2.06. The number of benzene rings is 2. The molecule has 102 valence electrons. The van der Waals surface area contributed by atoms with Gasteiger partial charge in [-0.3, -0.25) is 4.79 Å². The fourth-order valence-corrected chi connectivity index (χ4v) is 3.12. The lowest BCUT2D eigenvalue weighted by molar-refractivity contribution is 0.0957. The van der Waals surface area contributed by atoms with Gasteiger partial charge in [0, 0.05) is 11.5 Å². The predicted molar refractivity (Wildman–Crippen MR) is 79.3 cm³/mol. The summed E-state index contributed by atoms with van der Waals surface area (Å²) < 4.78 is 0. The maximum atomic E-state index is 12.8. The Bertz CT molecular complexity index is 658. The number of phenols is 1. The average molecular weight is 266 g/mol. The highest BCUT2D eigenvalue weighted by molar-refractivity contribution is 6.02. The zero-order valence-electron chi connectivity index (χ0n) is 11.6. The Morgan fingerprint density at radius 3 is 2.75 bits per heavy atom. The van der Waals surface area contributed by atoms with Crippen LogP contribution in [0.4, 0.5) is 0 Å². The number of Topliss-reactive ketones (excluding diaryl/α,β-unsaturated/α-hetero) is 1. The van der Waals surface area contributed by atoms with E-state index in [1.165, 1.54) is 5.56 Å². The topological polar surface area (TPSA) is 37.3 Å². The lowest BCUT2D eigenvalue weighted by atomic mass is 9.86. The average Bonchev–Trinajstić information content (AvgIpc) is 2.59. The Hall–Kier alpha value is -2.09. The first-order valence-corrected chi connectivity index (χ1v) is 7.08. The largest absolute Gasteiger partial charge is 0.508 e. The molecule has 0 saturated carbocycles. The number of fused-ring (bicyclic) bond motifs is 1. The van der Waals surface area contributed by atoms with Crippen molar-refractivity contribution in [3.05, 3.63) is 64.7 Å². The molecule has 2 nitrogen and oxygen atoms in total. The van der Waals surface area contributed by atoms with E-state index in [9.17, 15) is 9.90 Å². The number of aromatic hydroxyl groups is 1. The highest BCUT2D eigenvalue weighted by atomic mass is 16.3. The van der Waals surface area contributed by atoms with Crippen molar-refractivity contribution >= 4 is 5.78 Å². The SMILES string of the molecule is Cc1ccccc1C1CCCc2cc(O)ccc2C1=O. The molecule has 2 aromatic carbocycles. The zero-order valence-corrected chi connectivity index (χ0v) is 11.6. The van der Waals surface area contributed by atoms with Crippen molar-refractivity contribution in [1.82, 2.24) is 0 Å². The second kappa shape index (κ2) is 5.12. The van der Waals surface area contributed by atoms with Crippen LogP contribution in [0.1, 0.15) is 45.8 Å². The quantitative estimate of drug-likeness (QED) is 0.792. The zero-order chi connectivity index (χ0) is 14.1. The molecule has 1 aliphatic carbocycles. The number of ketones is 1. The van der Waals surface area contributed by atoms with E-state index < -0.39 is 0 Å². The van der Waals surface area contributed by atoms with Gasteiger partial charge in [-0.2, -0.15) is 0 Å². The summed E-state index contributed by atoms with van der Waals surface area (Å²) >= 11 is 0. The smallest absolute Gasteiger partial charge is 0.170 e. The molecule has 0 aliphatic heterocycles. The molecule has 0 spiro atoms. The summed E-state index contributed by atoms with van der Waals surface area (Å²) in [4.78, 5) is 12.8. The van der Waals surface area contributed by atoms with Crippen LogP contribution in [0, 0.1) is 6.92 Å². The molecule has 1 unspecified atom stereocenters. The molecule has 3 rings (SSSR count). The van der Waals surface area contributed by atoms with Gasteiger partial charge in [0.2, 0.25) is 0 Å². The van der Waals surface area contributed by atoms with Crippen LogP contribution in [0.3, 0.4) is 0 Å². The molecule has 0 fully saturated rings. The number of phenolic OH excluding ortho intramolecular Hbond substituents is 1. The van der Waals surface area contributed by atoms with E-state index in [0.717, 1.165) is 36.0 Å². The predicted octanol–water partition coefficient (Wildman–Crippen LogP) is 4.00. The van der Waals surface area contributed by atoms with Crippen molar-refractivity contribution in [2.75, 3.05) is 0 Å². The van der Waals surface area contributed by atoms with Crippen LogP contribution in [-0.2, 0) is 6.42 Å². The normalized spacial score (nSPS) is 18.4. The Balaban J connectivity index is 2.05. The lowest BCUT2D eigenvalue weighted by Crippen LogP contribution is -2.13. The number of carbonyl (C=O) groups excluding carboxylic acids is 1. The van der Waals surface area contributed by atoms with Gasteiger partial charge in [0.15, 0.2) is 5.78 Å². The summed E-state index contributed by atoms with van der Waals surface area (Å²) in [5.41, 5.74) is 4.06. The minimum Gasteiger partial charge on any atom is -0.508 e. The molecule has 0 heterocycles. The first-order valence-electron chi connectivity index (χ1n) is 7.08. The molecular formula is C18H18O2. The molecule has 0 radical (unpaired) electrons. The number of rotatable bonds is 1. The summed E-state index contributed by atoms with van der Waals surface area (Å²) in [6, 6.07) is 13.2. The highest BCUT2D eigenvalue weighted by Crippen LogP contribution is 2.34. The molecule has 0 aromatic heterocycles. The number of hydrogen-bond donors (Lipinski definition) is 1. The van der Waals surface area contributed by atoms with E-state index in [2.05, 4.69) is 19.1 Å². The summed E-state index contributed by atoms with van der Waals surface area (Å²) in [5.74, 6) is 0.375. The molecule has 2 aromatic rings. The number of hydrogen-bond acceptors (Lipinski definition) is 2. The van der Waals surface area contributed by atoms with Crippen LogP contribution in [-0.4, -0.2) is 10.9 Å². The Morgan fingerprint density at radius 2 is 1.95 bits per heavy atom. The van der Waals surface area contributed by atoms with Crippen molar-refractivity contribution in [2.45, 2.75) is 32.1 Å². The van der Waals surface area contributed by atoms with Crippen LogP contribution < -0.4 is 0 Å². The van der Waals surface area contributed by atoms with Crippen LogP contribution in [0.5, 0.6) is 5.75 Å². The van der Waals surface area contributed by atoms with Gasteiger partial charge in [-0.15, -0.1) is 0 Å². The fraction of sp³-hybridized carbons (Fsp3) is 0.278. The number of carbonyl (C=O) groups is 1. The number of aryl methyl sites for hydroxylation is 2. The Morgan fingerprint density at radius 1 is 1.15 bits per heavy atom. The van der Waals surface area contributed by atoms with Crippen LogP contribution in [0.15, 0.2) is 42.5 Å². The standard InChI is InChI=1S/C18H18O2/c1-12-5-2-3-7-15(12)17-8-4-6-13-11-14(19)9-10-16(13)18(17)20/h2-3,5,7,9-11,17,19H,4,6,8H2,1H3. The van der Waals surface area contributed by atoms with Gasteiger partial charge in [-0.25, -0.2) is 0 Å². The van der Waals surface area contributed by atoms with Crippen molar-refractivity contribution in [1.29, 1.82) is 0 Å². The third-order valence-corrected chi connectivity index (χ3v) is 4.17. The molecule has 0 bridgehead atoms. The van der Waals surface area contributed by atoms with Gasteiger partial charge in [0.25, 0.3) is 0 Å². The second-order valence-electron chi connectivity index (χ2n) is 5.51. The van der Waals surface area contributed by atoms with Gasteiger partial charge < -0.3 is 5.11 Å². The van der Waals surface area contributed by atoms with Crippen LogP contribution in [0.25, 0.3) is 0 Å². The fourth-order valence-electron chi connectivity index (χ4n) is 3.12. The van der Waals surface area contributed by atoms with Crippen molar-refractivity contribution in [3.8, 4) is 5.75 Å². The van der Waals surface area contributed by atoms with Gasteiger partial charge in [-0.1, -0.05) is 24.3 Å². The molecule has 20 heavy (non-hydrogen) atoms. The second-order valence-corrected chi connectivity index (χ2v) is 5.51. The van der Waals surface area contributed by atoms with E-state index in [0.29, 0.717) is 0 Å². The summed E-state index contributed by atoms with van der Waals surface area (Å²) in [6.07, 6.45) is 2.71. The molecule has 1 atom stereocenters. The molecule has 1 aliphatic rings. The van der Waals surface area contributed by atoms with Crippen molar-refractivity contribution in [3.63, 3.8) is 0 Å². The van der Waals surface area contributed by atoms with Gasteiger partial charge in [0.1, 0.15) is 5.75 Å². The summed E-state index contributed by atoms with van der Waals surface area (Å²) in [5, 5.41) is 9.58. The van der Waals surface area contributed by atoms with E-state index in [4.69, 9.17) is 0 Å². The highest BCUT2D eigenvalue weighted by Gasteiger charge is 2.27. The molecule has 2 heteroatoms. The van der Waals surface area contributed by atoms with Gasteiger partial charge in [0.05, 0.1) is 0 Å². The molecule has 0 saturated heterocycles. The molecular weight excluding hydrogens is 248 g/mol. The van der Waals surface area contributed by atoms with Crippen LogP contribution in [0.2, 0.25) is 0 Å². The molecule has 1 N–H and O–H groups in total. The minimum atomic E-state index is -0.0537. The summed E-state index contributed by atoms with van der Waals surface area (Å²) in [7, 11) is 0. The first kappa shape index (κ1) is 12.9. The Kier molecular flexibility index (Phi) is 3.31. The van der Waals surface area contributed by atoms with E-state index >= 15 is 0 Å².